The molecule has 0 aromatic carbocycles. The van der Waals surface area contributed by atoms with Crippen LogP contribution in [0.1, 0.15) is 19.1 Å². The van der Waals surface area contributed by atoms with Crippen molar-refractivity contribution in [3.05, 3.63) is 33.1 Å². The molecule has 3 rings (SSSR count). The van der Waals surface area contributed by atoms with E-state index < -0.39 is 41.2 Å². The van der Waals surface area contributed by atoms with E-state index in [0.717, 1.165) is 10.6 Å². The predicted molar refractivity (Wildman–Crippen MR) is 66.0 cm³/mol. The van der Waals surface area contributed by atoms with Crippen LogP contribution in [0.15, 0.2) is 21.9 Å². The number of H-pyrrole nitrogens is 1. The number of aromatic amines is 1. The summed E-state index contributed by atoms with van der Waals surface area (Å²) in [4.78, 5) is 24.8. The average molecular weight is 284 g/mol. The van der Waals surface area contributed by atoms with Crippen LogP contribution in [-0.4, -0.2) is 49.3 Å². The Kier molecular flexibility index (Phi) is 3.05. The van der Waals surface area contributed by atoms with Gasteiger partial charge in [-0.1, -0.05) is 0 Å². The van der Waals surface area contributed by atoms with Gasteiger partial charge < -0.3 is 20.1 Å². The third-order valence-corrected chi connectivity index (χ3v) is 4.34. The molecule has 0 amide bonds. The minimum atomic E-state index is -1.57. The number of aliphatic hydroxyl groups excluding tert-OH is 2. The lowest BCUT2D eigenvalue weighted by atomic mass is 9.85. The topological polar surface area (TPSA) is 125 Å². The summed E-state index contributed by atoms with van der Waals surface area (Å²) >= 11 is 0. The zero-order valence-electron chi connectivity index (χ0n) is 10.6. The van der Waals surface area contributed by atoms with Gasteiger partial charge in [0.25, 0.3) is 5.56 Å². The highest BCUT2D eigenvalue weighted by Crippen LogP contribution is 2.49. The van der Waals surface area contributed by atoms with E-state index in [2.05, 4.69) is 4.98 Å². The molecule has 4 N–H and O–H groups in total. The van der Waals surface area contributed by atoms with Crippen molar-refractivity contribution in [3.8, 4) is 0 Å². The van der Waals surface area contributed by atoms with Gasteiger partial charge in [0.15, 0.2) is 6.23 Å². The molecule has 5 atom stereocenters. The molecule has 1 saturated carbocycles. The first-order chi connectivity index (χ1) is 9.48. The van der Waals surface area contributed by atoms with Gasteiger partial charge in [0.2, 0.25) is 0 Å². The Hall–Kier alpha value is -1.48. The summed E-state index contributed by atoms with van der Waals surface area (Å²) in [6.45, 7) is -0.263. The zero-order chi connectivity index (χ0) is 14.5. The summed E-state index contributed by atoms with van der Waals surface area (Å²) in [6.07, 6.45) is -0.819. The van der Waals surface area contributed by atoms with Gasteiger partial charge in [0.05, 0.1) is 6.10 Å². The standard InChI is InChI=1S/C12H16N2O6/c15-5-6-1-2-7-12(6,19)9(17)10(20-7)14-4-3-8(16)13-11(14)18/h3-4,6-7,9-10,15,17,19H,1-2,5H2,(H,13,16,18)/t6-,7-,9+,10-,12-/m1/s1. The first-order valence-electron chi connectivity index (χ1n) is 6.46. The molecular weight excluding hydrogens is 268 g/mol. The van der Waals surface area contributed by atoms with Gasteiger partial charge >= 0.3 is 5.69 Å². The minimum absolute atomic E-state index is 0.263. The van der Waals surface area contributed by atoms with Gasteiger partial charge in [0, 0.05) is 24.8 Å². The molecule has 8 heteroatoms. The average Bonchev–Trinajstić information content (AvgIpc) is 2.85. The van der Waals surface area contributed by atoms with Crippen LogP contribution < -0.4 is 11.2 Å². The van der Waals surface area contributed by atoms with Crippen LogP contribution in [0.25, 0.3) is 0 Å². The molecule has 20 heavy (non-hydrogen) atoms. The lowest BCUT2D eigenvalue weighted by Crippen LogP contribution is -2.51. The number of nitrogens with zero attached hydrogens (tertiary/aromatic N) is 1. The van der Waals surface area contributed by atoms with Crippen LogP contribution >= 0.6 is 0 Å². The first kappa shape index (κ1) is 13.5. The van der Waals surface area contributed by atoms with Crippen molar-refractivity contribution >= 4 is 0 Å². The first-order valence-corrected chi connectivity index (χ1v) is 6.46. The smallest absolute Gasteiger partial charge is 0.330 e. The van der Waals surface area contributed by atoms with E-state index in [1.807, 2.05) is 0 Å². The van der Waals surface area contributed by atoms with Crippen molar-refractivity contribution in [2.24, 2.45) is 5.92 Å². The Morgan fingerprint density at radius 2 is 2.20 bits per heavy atom. The fraction of sp³-hybridized carbons (Fsp3) is 0.667. The number of hydrogen-bond acceptors (Lipinski definition) is 6. The van der Waals surface area contributed by atoms with Gasteiger partial charge in [-0.25, -0.2) is 4.79 Å². The highest BCUT2D eigenvalue weighted by atomic mass is 16.6. The number of aliphatic hydroxyl groups is 3. The summed E-state index contributed by atoms with van der Waals surface area (Å²) in [5.74, 6) is -0.494. The van der Waals surface area contributed by atoms with Crippen molar-refractivity contribution in [1.82, 2.24) is 9.55 Å². The summed E-state index contributed by atoms with van der Waals surface area (Å²) in [5.41, 5.74) is -2.84. The van der Waals surface area contributed by atoms with Crippen LogP contribution in [0.4, 0.5) is 0 Å². The normalized spacial score (nSPS) is 40.0. The summed E-state index contributed by atoms with van der Waals surface area (Å²) in [5, 5.41) is 30.2. The molecule has 0 unspecified atom stereocenters. The number of nitrogens with one attached hydrogen (secondary N) is 1. The number of rotatable bonds is 2. The lowest BCUT2D eigenvalue weighted by molar-refractivity contribution is -0.105. The largest absolute Gasteiger partial charge is 0.396 e. The number of ether oxygens (including phenoxy) is 1. The van der Waals surface area contributed by atoms with Crippen molar-refractivity contribution in [3.63, 3.8) is 0 Å². The summed E-state index contributed by atoms with van der Waals surface area (Å²) in [6, 6.07) is 1.14. The van der Waals surface area contributed by atoms with Crippen LogP contribution in [0, 0.1) is 5.92 Å². The Labute approximate surface area is 113 Å². The monoisotopic (exact) mass is 284 g/mol. The lowest BCUT2D eigenvalue weighted by Gasteiger charge is -2.31. The SMILES string of the molecule is O=c1ccn([C@@H]2O[C@@H]3CC[C@H](CO)[C@]3(O)[C@H]2O)c(=O)[nH]1. The number of aromatic nitrogens is 2. The van der Waals surface area contributed by atoms with E-state index in [0.29, 0.717) is 12.8 Å². The van der Waals surface area contributed by atoms with Crippen molar-refractivity contribution < 1.29 is 20.1 Å². The molecule has 2 heterocycles. The molecular formula is C12H16N2O6. The van der Waals surface area contributed by atoms with Crippen LogP contribution in [-0.2, 0) is 4.74 Å². The Bertz CT molecular complexity index is 625. The zero-order valence-corrected chi connectivity index (χ0v) is 10.6. The van der Waals surface area contributed by atoms with Crippen molar-refractivity contribution in [2.45, 2.75) is 36.9 Å². The van der Waals surface area contributed by atoms with Gasteiger partial charge in [-0.2, -0.15) is 0 Å². The molecule has 1 aliphatic carbocycles. The van der Waals surface area contributed by atoms with E-state index in [1.54, 1.807) is 0 Å². The fourth-order valence-electron chi connectivity index (χ4n) is 3.24. The molecule has 1 saturated heterocycles. The fourth-order valence-corrected chi connectivity index (χ4v) is 3.24. The second kappa shape index (κ2) is 4.52. The highest BCUT2D eigenvalue weighted by molar-refractivity contribution is 5.10. The Balaban J connectivity index is 1.99. The number of fused-ring (bicyclic) bond motifs is 1. The molecule has 1 aromatic heterocycles. The van der Waals surface area contributed by atoms with Gasteiger partial charge in [-0.3, -0.25) is 14.3 Å². The molecule has 1 aromatic rings. The van der Waals surface area contributed by atoms with E-state index in [4.69, 9.17) is 4.74 Å². The Morgan fingerprint density at radius 3 is 2.85 bits per heavy atom. The molecule has 1 aliphatic heterocycles. The molecule has 2 fully saturated rings. The molecule has 110 valence electrons. The molecule has 8 nitrogen and oxygen atoms in total. The number of hydrogen-bond donors (Lipinski definition) is 4. The van der Waals surface area contributed by atoms with Crippen molar-refractivity contribution in [2.75, 3.05) is 6.61 Å². The maximum absolute atomic E-state index is 11.7. The maximum Gasteiger partial charge on any atom is 0.330 e. The van der Waals surface area contributed by atoms with E-state index in [9.17, 15) is 24.9 Å². The second-order valence-corrected chi connectivity index (χ2v) is 5.32. The summed E-state index contributed by atoms with van der Waals surface area (Å²) in [7, 11) is 0. The van der Waals surface area contributed by atoms with Crippen molar-refractivity contribution in [1.29, 1.82) is 0 Å². The third kappa shape index (κ3) is 1.69. The van der Waals surface area contributed by atoms with E-state index >= 15 is 0 Å². The molecule has 0 radical (unpaired) electrons. The molecule has 0 spiro atoms. The van der Waals surface area contributed by atoms with E-state index in [1.165, 1.54) is 6.20 Å². The van der Waals surface area contributed by atoms with Gasteiger partial charge in [-0.15, -0.1) is 0 Å². The van der Waals surface area contributed by atoms with Gasteiger partial charge in [0.1, 0.15) is 11.7 Å². The maximum atomic E-state index is 11.7. The quantitative estimate of drug-likeness (QED) is 0.494. The molecule has 0 bridgehead atoms. The van der Waals surface area contributed by atoms with Crippen LogP contribution in [0.2, 0.25) is 0 Å². The van der Waals surface area contributed by atoms with E-state index in [-0.39, 0.29) is 6.61 Å². The minimum Gasteiger partial charge on any atom is -0.396 e. The predicted octanol–water partition coefficient (Wildman–Crippen LogP) is -2.07. The summed E-state index contributed by atoms with van der Waals surface area (Å²) < 4.78 is 6.61. The third-order valence-electron chi connectivity index (χ3n) is 4.34. The van der Waals surface area contributed by atoms with Gasteiger partial charge in [-0.05, 0) is 12.8 Å². The highest BCUT2D eigenvalue weighted by Gasteiger charge is 2.62. The molecule has 2 aliphatic rings. The Morgan fingerprint density at radius 1 is 1.45 bits per heavy atom. The van der Waals surface area contributed by atoms with Crippen LogP contribution in [0.3, 0.4) is 0 Å². The van der Waals surface area contributed by atoms with Crippen LogP contribution in [0.5, 0.6) is 0 Å². The second-order valence-electron chi connectivity index (χ2n) is 5.32.